The van der Waals surface area contributed by atoms with E-state index in [9.17, 15) is 10.2 Å². The third kappa shape index (κ3) is 2.11. The van der Waals surface area contributed by atoms with Gasteiger partial charge in [-0.1, -0.05) is 48.9 Å². The van der Waals surface area contributed by atoms with Crippen molar-refractivity contribution in [3.05, 3.63) is 48.0 Å². The first-order valence-electron chi connectivity index (χ1n) is 7.72. The van der Waals surface area contributed by atoms with E-state index in [1.165, 1.54) is 5.56 Å². The predicted molar refractivity (Wildman–Crippen MR) is 80.3 cm³/mol. The van der Waals surface area contributed by atoms with Gasteiger partial charge in [0.05, 0.1) is 5.60 Å². The molecule has 0 bridgehead atoms. The van der Waals surface area contributed by atoms with Crippen LogP contribution in [0.1, 0.15) is 37.7 Å². The molecule has 2 aliphatic carbocycles. The lowest BCUT2D eigenvalue weighted by Gasteiger charge is -2.56. The van der Waals surface area contributed by atoms with Crippen molar-refractivity contribution in [1.29, 1.82) is 0 Å². The summed E-state index contributed by atoms with van der Waals surface area (Å²) >= 11 is 0. The van der Waals surface area contributed by atoms with Gasteiger partial charge >= 0.3 is 0 Å². The molecule has 0 spiro atoms. The highest BCUT2D eigenvalue weighted by Crippen LogP contribution is 2.55. The van der Waals surface area contributed by atoms with Crippen LogP contribution in [0.3, 0.4) is 0 Å². The molecule has 2 heteroatoms. The molecule has 1 saturated carbocycles. The number of rotatable bonds is 3. The third-order valence-corrected chi connectivity index (χ3v) is 5.51. The van der Waals surface area contributed by atoms with E-state index in [1.807, 2.05) is 6.07 Å². The topological polar surface area (TPSA) is 40.5 Å². The van der Waals surface area contributed by atoms with Crippen molar-refractivity contribution < 1.29 is 10.2 Å². The molecule has 2 N–H and O–H groups in total. The van der Waals surface area contributed by atoms with E-state index in [0.29, 0.717) is 6.42 Å². The maximum atomic E-state index is 11.4. The van der Waals surface area contributed by atoms with Crippen molar-refractivity contribution in [3.63, 3.8) is 0 Å². The summed E-state index contributed by atoms with van der Waals surface area (Å²) in [6.45, 7) is 0.0981. The maximum Gasteiger partial charge on any atom is 0.0793 e. The molecule has 2 nitrogen and oxygen atoms in total. The van der Waals surface area contributed by atoms with Gasteiger partial charge in [-0.2, -0.15) is 0 Å². The fourth-order valence-corrected chi connectivity index (χ4v) is 4.35. The maximum absolute atomic E-state index is 11.4. The molecule has 3 rings (SSSR count). The van der Waals surface area contributed by atoms with E-state index in [-0.39, 0.29) is 17.9 Å². The largest absolute Gasteiger partial charge is 0.396 e. The number of benzene rings is 1. The van der Waals surface area contributed by atoms with Gasteiger partial charge in [0, 0.05) is 17.9 Å². The van der Waals surface area contributed by atoms with Crippen molar-refractivity contribution in [1.82, 2.24) is 0 Å². The standard InChI is InChI=1S/C18H24O2/c19-14-16-9-6-11-17(10-4-5-12-18(16,17)20)13-15-7-2-1-3-8-15/h1-5,7-8,16,19-20H,6,9-14H2/t16-,17-,18+/m0/s1. The molecule has 0 radical (unpaired) electrons. The van der Waals surface area contributed by atoms with E-state index < -0.39 is 5.60 Å². The number of hydrogen-bond donors (Lipinski definition) is 2. The van der Waals surface area contributed by atoms with Crippen molar-refractivity contribution in [2.75, 3.05) is 6.61 Å². The van der Waals surface area contributed by atoms with Crippen LogP contribution in [0, 0.1) is 11.3 Å². The molecule has 3 atom stereocenters. The van der Waals surface area contributed by atoms with Gasteiger partial charge in [0.15, 0.2) is 0 Å². The van der Waals surface area contributed by atoms with Gasteiger partial charge in [-0.25, -0.2) is 0 Å². The minimum absolute atomic E-state index is 0.0184. The first kappa shape index (κ1) is 13.8. The first-order chi connectivity index (χ1) is 9.70. The van der Waals surface area contributed by atoms with Gasteiger partial charge in [0.1, 0.15) is 0 Å². The first-order valence-corrected chi connectivity index (χ1v) is 7.72. The highest BCUT2D eigenvalue weighted by atomic mass is 16.3. The molecular formula is C18H24O2. The molecule has 0 aromatic heterocycles. The van der Waals surface area contributed by atoms with Gasteiger partial charge < -0.3 is 10.2 Å². The van der Waals surface area contributed by atoms with Crippen LogP contribution in [0.15, 0.2) is 42.5 Å². The number of aliphatic hydroxyl groups excluding tert-OH is 1. The summed E-state index contributed by atoms with van der Waals surface area (Å²) in [6, 6.07) is 10.5. The van der Waals surface area contributed by atoms with Gasteiger partial charge in [0.2, 0.25) is 0 Å². The fraction of sp³-hybridized carbons (Fsp3) is 0.556. The molecule has 1 aromatic carbocycles. The van der Waals surface area contributed by atoms with Crippen LogP contribution in [0.25, 0.3) is 0 Å². The molecular weight excluding hydrogens is 248 g/mol. The van der Waals surface area contributed by atoms with Crippen LogP contribution in [0.2, 0.25) is 0 Å². The second kappa shape index (κ2) is 5.34. The zero-order chi connectivity index (χ0) is 14.1. The Kier molecular flexibility index (Phi) is 3.70. The number of allylic oxidation sites excluding steroid dienone is 1. The highest BCUT2D eigenvalue weighted by molar-refractivity contribution is 5.23. The minimum Gasteiger partial charge on any atom is -0.396 e. The van der Waals surface area contributed by atoms with Crippen molar-refractivity contribution >= 4 is 0 Å². The summed E-state index contributed by atoms with van der Waals surface area (Å²) in [5.41, 5.74) is 0.444. The van der Waals surface area contributed by atoms with Crippen molar-refractivity contribution in [3.8, 4) is 0 Å². The van der Waals surface area contributed by atoms with Crippen LogP contribution in [0.5, 0.6) is 0 Å². The number of aliphatic hydroxyl groups is 2. The van der Waals surface area contributed by atoms with E-state index in [1.54, 1.807) is 0 Å². The van der Waals surface area contributed by atoms with Crippen molar-refractivity contribution in [2.45, 2.75) is 44.1 Å². The average Bonchev–Trinajstić information content (AvgIpc) is 2.48. The van der Waals surface area contributed by atoms with E-state index in [2.05, 4.69) is 36.4 Å². The zero-order valence-corrected chi connectivity index (χ0v) is 12.0. The zero-order valence-electron chi connectivity index (χ0n) is 12.0. The molecule has 0 unspecified atom stereocenters. The highest BCUT2D eigenvalue weighted by Gasteiger charge is 2.55. The Morgan fingerprint density at radius 3 is 2.60 bits per heavy atom. The molecule has 20 heavy (non-hydrogen) atoms. The fourth-order valence-electron chi connectivity index (χ4n) is 4.35. The normalized spacial score (nSPS) is 36.6. The van der Waals surface area contributed by atoms with Gasteiger partial charge in [-0.05, 0) is 37.7 Å². The summed E-state index contributed by atoms with van der Waals surface area (Å²) < 4.78 is 0. The summed E-state index contributed by atoms with van der Waals surface area (Å²) in [7, 11) is 0. The van der Waals surface area contributed by atoms with Crippen LogP contribution >= 0.6 is 0 Å². The molecule has 0 heterocycles. The Labute approximate surface area is 121 Å². The third-order valence-electron chi connectivity index (χ3n) is 5.51. The van der Waals surface area contributed by atoms with Crippen LogP contribution in [-0.4, -0.2) is 22.4 Å². The summed E-state index contributed by atoms with van der Waals surface area (Å²) in [4.78, 5) is 0. The lowest BCUT2D eigenvalue weighted by molar-refractivity contribution is -0.165. The Morgan fingerprint density at radius 2 is 1.85 bits per heavy atom. The molecule has 0 saturated heterocycles. The lowest BCUT2D eigenvalue weighted by atomic mass is 9.52. The SMILES string of the molecule is OC[C@@H]1CCC[C@]2(Cc3ccccc3)CC=CC[C@@]12O. The molecule has 2 aliphatic rings. The summed E-state index contributed by atoms with van der Waals surface area (Å²) in [6.07, 6.45) is 9.93. The second-order valence-electron chi connectivity index (χ2n) is 6.52. The Hall–Kier alpha value is -1.12. The quantitative estimate of drug-likeness (QED) is 0.830. The van der Waals surface area contributed by atoms with E-state index in [0.717, 1.165) is 32.1 Å². The summed E-state index contributed by atoms with van der Waals surface area (Å²) in [5, 5.41) is 21.0. The Morgan fingerprint density at radius 1 is 1.10 bits per heavy atom. The Bertz CT molecular complexity index is 481. The van der Waals surface area contributed by atoms with Gasteiger partial charge in [-0.15, -0.1) is 0 Å². The monoisotopic (exact) mass is 272 g/mol. The van der Waals surface area contributed by atoms with E-state index >= 15 is 0 Å². The van der Waals surface area contributed by atoms with E-state index in [4.69, 9.17) is 0 Å². The Balaban J connectivity index is 1.96. The second-order valence-corrected chi connectivity index (χ2v) is 6.52. The predicted octanol–water partition coefficient (Wildman–Crippen LogP) is 3.09. The van der Waals surface area contributed by atoms with Crippen LogP contribution in [-0.2, 0) is 6.42 Å². The molecule has 1 aromatic rings. The molecule has 1 fully saturated rings. The average molecular weight is 272 g/mol. The number of fused-ring (bicyclic) bond motifs is 1. The van der Waals surface area contributed by atoms with Gasteiger partial charge in [-0.3, -0.25) is 0 Å². The van der Waals surface area contributed by atoms with Gasteiger partial charge in [0.25, 0.3) is 0 Å². The lowest BCUT2D eigenvalue weighted by Crippen LogP contribution is -2.58. The smallest absolute Gasteiger partial charge is 0.0793 e. The summed E-state index contributed by atoms with van der Waals surface area (Å²) in [5.74, 6) is 0.0184. The minimum atomic E-state index is -0.745. The van der Waals surface area contributed by atoms with Crippen LogP contribution < -0.4 is 0 Å². The number of hydrogen-bond acceptors (Lipinski definition) is 2. The molecule has 108 valence electrons. The van der Waals surface area contributed by atoms with Crippen LogP contribution in [0.4, 0.5) is 0 Å². The molecule has 0 aliphatic heterocycles. The molecule has 0 amide bonds. The van der Waals surface area contributed by atoms with Crippen molar-refractivity contribution in [2.24, 2.45) is 11.3 Å².